The van der Waals surface area contributed by atoms with Crippen LogP contribution in [0.2, 0.25) is 0 Å². The van der Waals surface area contributed by atoms with Gasteiger partial charge in [0.2, 0.25) is 5.89 Å². The molecule has 4 N–H and O–H groups in total. The molecular formula is C19H19N7O3. The van der Waals surface area contributed by atoms with Crippen molar-refractivity contribution < 1.29 is 14.3 Å². The van der Waals surface area contributed by atoms with Gasteiger partial charge < -0.3 is 25.0 Å². The number of carbonyl (C=O) groups excluding carboxylic acids is 1. The van der Waals surface area contributed by atoms with E-state index in [1.165, 1.54) is 12.5 Å². The Kier molecular flexibility index (Phi) is 4.69. The number of oxazole rings is 1. The first-order chi connectivity index (χ1) is 13.9. The van der Waals surface area contributed by atoms with Gasteiger partial charge in [-0.25, -0.2) is 19.9 Å². The van der Waals surface area contributed by atoms with Gasteiger partial charge in [0.25, 0.3) is 5.91 Å². The summed E-state index contributed by atoms with van der Waals surface area (Å²) in [5, 5.41) is 12.0. The molecule has 0 aliphatic carbocycles. The van der Waals surface area contributed by atoms with Crippen LogP contribution in [0.5, 0.6) is 0 Å². The number of nitrogens with one attached hydrogen (secondary N) is 1. The molecule has 1 amide bonds. The Balaban J connectivity index is 1.87. The van der Waals surface area contributed by atoms with Gasteiger partial charge in [-0.2, -0.15) is 0 Å². The smallest absolute Gasteiger partial charge is 0.273 e. The maximum atomic E-state index is 12.5. The highest BCUT2D eigenvalue weighted by atomic mass is 16.3. The second-order valence-corrected chi connectivity index (χ2v) is 6.60. The maximum Gasteiger partial charge on any atom is 0.273 e. The highest BCUT2D eigenvalue weighted by molar-refractivity contribution is 5.97. The largest absolute Gasteiger partial charge is 0.443 e. The summed E-state index contributed by atoms with van der Waals surface area (Å²) in [6.45, 7) is 3.56. The minimum Gasteiger partial charge on any atom is -0.443 e. The van der Waals surface area contributed by atoms with E-state index in [2.05, 4.69) is 25.3 Å². The van der Waals surface area contributed by atoms with Crippen molar-refractivity contribution in [3.8, 4) is 22.8 Å². The predicted molar refractivity (Wildman–Crippen MR) is 105 cm³/mol. The van der Waals surface area contributed by atoms with Crippen LogP contribution >= 0.6 is 0 Å². The van der Waals surface area contributed by atoms with Crippen molar-refractivity contribution in [2.24, 2.45) is 0 Å². The van der Waals surface area contributed by atoms with Crippen molar-refractivity contribution in [1.82, 2.24) is 29.7 Å². The molecule has 0 aliphatic heterocycles. The van der Waals surface area contributed by atoms with E-state index in [0.29, 0.717) is 17.0 Å². The van der Waals surface area contributed by atoms with Crippen LogP contribution in [0, 0.1) is 6.92 Å². The zero-order valence-corrected chi connectivity index (χ0v) is 15.8. The van der Waals surface area contributed by atoms with Gasteiger partial charge in [-0.1, -0.05) is 0 Å². The van der Waals surface area contributed by atoms with E-state index in [0.717, 1.165) is 11.3 Å². The van der Waals surface area contributed by atoms with E-state index in [1.54, 1.807) is 13.1 Å². The number of anilines is 1. The highest BCUT2D eigenvalue weighted by Gasteiger charge is 2.22. The molecule has 10 nitrogen and oxygen atoms in total. The predicted octanol–water partition coefficient (Wildman–Crippen LogP) is 1.45. The molecule has 0 saturated carbocycles. The molecule has 10 heteroatoms. The van der Waals surface area contributed by atoms with E-state index < -0.39 is 12.0 Å². The molecule has 4 rings (SSSR count). The molecule has 4 heterocycles. The summed E-state index contributed by atoms with van der Waals surface area (Å²) in [7, 11) is 0. The van der Waals surface area contributed by atoms with Crippen molar-refractivity contribution in [3.63, 3.8) is 0 Å². The van der Waals surface area contributed by atoms with Crippen LogP contribution in [0.1, 0.15) is 23.1 Å². The summed E-state index contributed by atoms with van der Waals surface area (Å²) in [6, 6.07) is 3.67. The highest BCUT2D eigenvalue weighted by Crippen LogP contribution is 2.30. The molecule has 4 aromatic heterocycles. The van der Waals surface area contributed by atoms with Crippen LogP contribution in [0.15, 0.2) is 41.4 Å². The second-order valence-electron chi connectivity index (χ2n) is 6.60. The van der Waals surface area contributed by atoms with Crippen LogP contribution in [-0.4, -0.2) is 48.0 Å². The topological polar surface area (TPSA) is 144 Å². The summed E-state index contributed by atoms with van der Waals surface area (Å²) in [5.74, 6) is -0.362. The van der Waals surface area contributed by atoms with Gasteiger partial charge in [0.1, 0.15) is 17.6 Å². The minimum atomic E-state index is -0.703. The molecule has 0 aromatic carbocycles. The van der Waals surface area contributed by atoms with Crippen molar-refractivity contribution in [2.45, 2.75) is 20.0 Å². The molecule has 148 valence electrons. The molecule has 0 fully saturated rings. The van der Waals surface area contributed by atoms with Crippen LogP contribution in [0.3, 0.4) is 0 Å². The Morgan fingerprint density at radius 1 is 1.31 bits per heavy atom. The molecule has 0 bridgehead atoms. The third kappa shape index (κ3) is 3.52. The van der Waals surface area contributed by atoms with Crippen molar-refractivity contribution in [3.05, 3.63) is 48.4 Å². The van der Waals surface area contributed by atoms with Gasteiger partial charge >= 0.3 is 0 Å². The van der Waals surface area contributed by atoms with E-state index >= 15 is 0 Å². The van der Waals surface area contributed by atoms with E-state index in [9.17, 15) is 9.90 Å². The third-order valence-electron chi connectivity index (χ3n) is 4.29. The van der Waals surface area contributed by atoms with Gasteiger partial charge in [0.05, 0.1) is 12.3 Å². The normalized spacial score (nSPS) is 12.2. The Bertz CT molecular complexity index is 1180. The van der Waals surface area contributed by atoms with Gasteiger partial charge in [0, 0.05) is 30.2 Å². The fourth-order valence-electron chi connectivity index (χ4n) is 2.87. The molecule has 0 unspecified atom stereocenters. The molecule has 4 aromatic rings. The van der Waals surface area contributed by atoms with Crippen LogP contribution < -0.4 is 11.1 Å². The molecule has 1 atom stereocenters. The number of hydrogen-bond acceptors (Lipinski definition) is 8. The molecule has 0 spiro atoms. The monoisotopic (exact) mass is 393 g/mol. The summed E-state index contributed by atoms with van der Waals surface area (Å²) in [6.07, 6.45) is 5.82. The zero-order valence-electron chi connectivity index (χ0n) is 15.8. The first-order valence-electron chi connectivity index (χ1n) is 8.91. The van der Waals surface area contributed by atoms with Gasteiger partial charge in [-0.15, -0.1) is 0 Å². The Hall–Kier alpha value is -3.79. The van der Waals surface area contributed by atoms with Crippen LogP contribution in [0.4, 0.5) is 5.82 Å². The molecule has 0 radical (unpaired) electrons. The Morgan fingerprint density at radius 3 is 2.86 bits per heavy atom. The van der Waals surface area contributed by atoms with E-state index in [1.807, 2.05) is 29.7 Å². The molecule has 0 saturated heterocycles. The minimum absolute atomic E-state index is 0.0431. The maximum absolute atomic E-state index is 12.5. The summed E-state index contributed by atoms with van der Waals surface area (Å²) >= 11 is 0. The van der Waals surface area contributed by atoms with Crippen molar-refractivity contribution in [1.29, 1.82) is 0 Å². The average Bonchev–Trinajstić information content (AvgIpc) is 3.36. The fourth-order valence-corrected chi connectivity index (χ4v) is 2.87. The standard InChI is InChI=1S/C19H19N7O3/c1-10-7-22-13-4-3-12(9-26(10)13)14-15(19-21-5-6-29-19)25-17(20)16(24-14)18(28)23-8-11(2)27/h3-7,9,11,27H,8H2,1-2H3,(H2,20,25)(H,23,28)/t11-/m0/s1. The van der Waals surface area contributed by atoms with E-state index in [4.69, 9.17) is 10.2 Å². The molecular weight excluding hydrogens is 374 g/mol. The lowest BCUT2D eigenvalue weighted by atomic mass is 10.1. The lowest BCUT2D eigenvalue weighted by Gasteiger charge is -2.12. The number of imidazole rings is 1. The number of hydrogen-bond donors (Lipinski definition) is 3. The quantitative estimate of drug-likeness (QED) is 0.462. The van der Waals surface area contributed by atoms with Crippen LogP contribution in [-0.2, 0) is 0 Å². The number of pyridine rings is 1. The van der Waals surface area contributed by atoms with Crippen LogP contribution in [0.25, 0.3) is 28.5 Å². The lowest BCUT2D eigenvalue weighted by Crippen LogP contribution is -2.32. The first kappa shape index (κ1) is 18.6. The SMILES string of the molecule is Cc1cnc2ccc(-c3nc(C(=O)NC[C@H](C)O)c(N)nc3-c3ncco3)cn12. The fraction of sp³-hybridized carbons (Fsp3) is 0.211. The number of nitrogens with two attached hydrogens (primary N) is 1. The molecule has 29 heavy (non-hydrogen) atoms. The lowest BCUT2D eigenvalue weighted by molar-refractivity contribution is 0.0920. The van der Waals surface area contributed by atoms with Gasteiger partial charge in [0.15, 0.2) is 17.2 Å². The summed E-state index contributed by atoms with van der Waals surface area (Å²) in [5.41, 5.74) is 9.07. The number of aliphatic hydroxyl groups is 1. The van der Waals surface area contributed by atoms with Crippen molar-refractivity contribution in [2.75, 3.05) is 12.3 Å². The molecule has 0 aliphatic rings. The number of fused-ring (bicyclic) bond motifs is 1. The van der Waals surface area contributed by atoms with Crippen molar-refractivity contribution >= 4 is 17.4 Å². The number of amides is 1. The number of rotatable bonds is 5. The van der Waals surface area contributed by atoms with Gasteiger partial charge in [-0.3, -0.25) is 4.79 Å². The number of aromatic nitrogens is 5. The Labute approximate surface area is 165 Å². The summed E-state index contributed by atoms with van der Waals surface area (Å²) < 4.78 is 7.29. The zero-order chi connectivity index (χ0) is 20.5. The first-order valence-corrected chi connectivity index (χ1v) is 8.91. The number of nitrogen functional groups attached to an aromatic ring is 1. The number of nitrogens with zero attached hydrogens (tertiary/aromatic N) is 5. The van der Waals surface area contributed by atoms with E-state index in [-0.39, 0.29) is 23.9 Å². The number of aryl methyl sites for hydroxylation is 1. The summed E-state index contributed by atoms with van der Waals surface area (Å²) in [4.78, 5) is 29.8. The van der Waals surface area contributed by atoms with Gasteiger partial charge in [-0.05, 0) is 26.0 Å². The second kappa shape index (κ2) is 7.32. The number of carbonyl (C=O) groups is 1. The Morgan fingerprint density at radius 2 is 2.14 bits per heavy atom. The number of aliphatic hydroxyl groups excluding tert-OH is 1. The average molecular weight is 393 g/mol. The third-order valence-corrected chi connectivity index (χ3v) is 4.29.